The summed E-state index contributed by atoms with van der Waals surface area (Å²) in [5.74, 6) is 0.478. The van der Waals surface area contributed by atoms with Crippen molar-refractivity contribution in [2.45, 2.75) is 37.6 Å². The van der Waals surface area contributed by atoms with Crippen molar-refractivity contribution in [1.29, 1.82) is 0 Å². The highest BCUT2D eigenvalue weighted by molar-refractivity contribution is 5.93. The van der Waals surface area contributed by atoms with Crippen LogP contribution in [0, 0.1) is 6.92 Å². The molecule has 3 aromatic carbocycles. The normalized spacial score (nSPS) is 26.4. The number of aryl methyl sites for hydroxylation is 1. The van der Waals surface area contributed by atoms with Gasteiger partial charge in [-0.05, 0) is 17.9 Å². The quantitative estimate of drug-likeness (QED) is 0.472. The number of aliphatic hydroxyl groups is 4. The Bertz CT molecular complexity index is 1060. The first-order valence-corrected chi connectivity index (χ1v) is 10.2. The molecule has 1 fully saturated rings. The van der Waals surface area contributed by atoms with Crippen molar-refractivity contribution in [1.82, 2.24) is 0 Å². The van der Waals surface area contributed by atoms with E-state index in [9.17, 15) is 20.4 Å². The SMILES string of the molecule is Cc1ccc(/C=C/c2ccc3ccccc3c2OC2O[C@H](CO)[C@@H](O)[C@H](O)[C@H]2O)cc1. The van der Waals surface area contributed by atoms with E-state index < -0.39 is 37.3 Å². The first-order valence-electron chi connectivity index (χ1n) is 10.2. The highest BCUT2D eigenvalue weighted by atomic mass is 16.7. The maximum atomic E-state index is 10.4. The first kappa shape index (κ1) is 21.5. The predicted molar refractivity (Wildman–Crippen MR) is 118 cm³/mol. The maximum absolute atomic E-state index is 10.4. The van der Waals surface area contributed by atoms with E-state index in [1.807, 2.05) is 79.7 Å². The third-order valence-corrected chi connectivity index (χ3v) is 5.53. The molecule has 5 atom stereocenters. The second kappa shape index (κ2) is 9.18. The summed E-state index contributed by atoms with van der Waals surface area (Å²) in [6.07, 6.45) is -2.84. The smallest absolute Gasteiger partial charge is 0.229 e. The van der Waals surface area contributed by atoms with Gasteiger partial charge in [0.25, 0.3) is 0 Å². The van der Waals surface area contributed by atoms with Gasteiger partial charge in [0.2, 0.25) is 6.29 Å². The van der Waals surface area contributed by atoms with E-state index in [1.165, 1.54) is 5.56 Å². The van der Waals surface area contributed by atoms with Crippen molar-refractivity contribution in [2.24, 2.45) is 0 Å². The lowest BCUT2D eigenvalue weighted by molar-refractivity contribution is -0.277. The van der Waals surface area contributed by atoms with Gasteiger partial charge in [-0.15, -0.1) is 0 Å². The zero-order chi connectivity index (χ0) is 22.0. The molecule has 0 saturated carbocycles. The zero-order valence-corrected chi connectivity index (χ0v) is 17.1. The van der Waals surface area contributed by atoms with Crippen LogP contribution in [0.15, 0.2) is 60.7 Å². The molecule has 1 aliphatic heterocycles. The van der Waals surface area contributed by atoms with Crippen LogP contribution in [-0.2, 0) is 4.74 Å². The minimum Gasteiger partial charge on any atom is -0.461 e. The van der Waals surface area contributed by atoms with Gasteiger partial charge >= 0.3 is 0 Å². The van der Waals surface area contributed by atoms with E-state index in [0.29, 0.717) is 5.75 Å². The minimum absolute atomic E-state index is 0.478. The van der Waals surface area contributed by atoms with Gasteiger partial charge in [0, 0.05) is 10.9 Å². The predicted octanol–water partition coefficient (Wildman–Crippen LogP) is 2.50. The second-order valence-electron chi connectivity index (χ2n) is 7.76. The lowest BCUT2D eigenvalue weighted by Crippen LogP contribution is -2.60. The van der Waals surface area contributed by atoms with Crippen molar-refractivity contribution >= 4 is 22.9 Å². The van der Waals surface area contributed by atoms with Crippen LogP contribution in [-0.4, -0.2) is 57.7 Å². The second-order valence-corrected chi connectivity index (χ2v) is 7.76. The van der Waals surface area contributed by atoms with Crippen molar-refractivity contribution < 1.29 is 29.9 Å². The van der Waals surface area contributed by atoms with Gasteiger partial charge < -0.3 is 29.9 Å². The van der Waals surface area contributed by atoms with Crippen LogP contribution < -0.4 is 4.74 Å². The molecule has 0 amide bonds. The summed E-state index contributed by atoms with van der Waals surface area (Å²) >= 11 is 0. The highest BCUT2D eigenvalue weighted by Crippen LogP contribution is 2.34. The Labute approximate surface area is 180 Å². The topological polar surface area (TPSA) is 99.4 Å². The van der Waals surface area contributed by atoms with Crippen LogP contribution in [0.5, 0.6) is 5.75 Å². The fraction of sp³-hybridized carbons (Fsp3) is 0.280. The fourth-order valence-corrected chi connectivity index (χ4v) is 3.67. The molecule has 0 aromatic heterocycles. The number of aliphatic hydroxyl groups excluding tert-OH is 4. The molecule has 162 valence electrons. The molecular weight excluding hydrogens is 396 g/mol. The number of ether oxygens (including phenoxy) is 2. The molecule has 0 bridgehead atoms. The summed E-state index contributed by atoms with van der Waals surface area (Å²) in [6, 6.07) is 19.6. The number of fused-ring (bicyclic) bond motifs is 1. The van der Waals surface area contributed by atoms with Crippen LogP contribution in [0.3, 0.4) is 0 Å². The molecule has 3 aromatic rings. The Morgan fingerprint density at radius 1 is 0.871 bits per heavy atom. The molecule has 1 heterocycles. The van der Waals surface area contributed by atoms with Crippen LogP contribution in [0.4, 0.5) is 0 Å². The van der Waals surface area contributed by atoms with Gasteiger partial charge in [-0.3, -0.25) is 0 Å². The van der Waals surface area contributed by atoms with Crippen LogP contribution in [0.25, 0.3) is 22.9 Å². The molecule has 1 saturated heterocycles. The monoisotopic (exact) mass is 422 g/mol. The zero-order valence-electron chi connectivity index (χ0n) is 17.1. The number of benzene rings is 3. The van der Waals surface area contributed by atoms with Crippen molar-refractivity contribution in [2.75, 3.05) is 6.61 Å². The van der Waals surface area contributed by atoms with Gasteiger partial charge in [0.05, 0.1) is 6.61 Å². The Morgan fingerprint density at radius 2 is 1.61 bits per heavy atom. The summed E-state index contributed by atoms with van der Waals surface area (Å²) < 4.78 is 11.6. The molecule has 0 spiro atoms. The summed E-state index contributed by atoms with van der Waals surface area (Å²) in [7, 11) is 0. The maximum Gasteiger partial charge on any atom is 0.229 e. The van der Waals surface area contributed by atoms with Gasteiger partial charge in [-0.1, -0.05) is 78.4 Å². The Balaban J connectivity index is 1.71. The van der Waals surface area contributed by atoms with Crippen molar-refractivity contribution in [3.05, 3.63) is 77.4 Å². The van der Waals surface area contributed by atoms with Crippen molar-refractivity contribution in [3.63, 3.8) is 0 Å². The minimum atomic E-state index is -1.50. The summed E-state index contributed by atoms with van der Waals surface area (Å²) in [4.78, 5) is 0. The molecule has 4 N–H and O–H groups in total. The summed E-state index contributed by atoms with van der Waals surface area (Å²) in [6.45, 7) is 1.52. The lowest BCUT2D eigenvalue weighted by atomic mass is 9.99. The van der Waals surface area contributed by atoms with Gasteiger partial charge in [-0.2, -0.15) is 0 Å². The molecule has 6 heteroatoms. The molecule has 4 rings (SSSR count). The average molecular weight is 422 g/mol. The first-order chi connectivity index (χ1) is 15.0. The largest absolute Gasteiger partial charge is 0.461 e. The van der Waals surface area contributed by atoms with Gasteiger partial charge in [-0.25, -0.2) is 0 Å². The van der Waals surface area contributed by atoms with Crippen LogP contribution in [0.2, 0.25) is 0 Å². The fourth-order valence-electron chi connectivity index (χ4n) is 3.67. The van der Waals surface area contributed by atoms with Crippen LogP contribution >= 0.6 is 0 Å². The number of hydrogen-bond acceptors (Lipinski definition) is 6. The van der Waals surface area contributed by atoms with E-state index >= 15 is 0 Å². The highest BCUT2D eigenvalue weighted by Gasteiger charge is 2.45. The summed E-state index contributed by atoms with van der Waals surface area (Å²) in [5.41, 5.74) is 2.96. The number of hydrogen-bond donors (Lipinski definition) is 4. The molecule has 6 nitrogen and oxygen atoms in total. The summed E-state index contributed by atoms with van der Waals surface area (Å²) in [5, 5.41) is 41.8. The van der Waals surface area contributed by atoms with E-state index in [4.69, 9.17) is 9.47 Å². The van der Waals surface area contributed by atoms with E-state index in [2.05, 4.69) is 0 Å². The van der Waals surface area contributed by atoms with E-state index in [0.717, 1.165) is 21.9 Å². The molecule has 0 radical (unpaired) electrons. The standard InChI is InChI=1S/C25H26O6/c1-15-6-8-16(9-7-15)10-11-18-13-12-17-4-2-3-5-19(17)24(18)31-25-23(29)22(28)21(27)20(14-26)30-25/h2-13,20-23,25-29H,14H2,1H3/b11-10+/t20-,21-,22+,23-,25?/m1/s1. The third kappa shape index (κ3) is 4.49. The lowest BCUT2D eigenvalue weighted by Gasteiger charge is -2.39. The van der Waals surface area contributed by atoms with E-state index in [-0.39, 0.29) is 0 Å². The Morgan fingerprint density at radius 3 is 2.35 bits per heavy atom. The Kier molecular flexibility index (Phi) is 6.36. The average Bonchev–Trinajstić information content (AvgIpc) is 2.79. The molecule has 1 unspecified atom stereocenters. The third-order valence-electron chi connectivity index (χ3n) is 5.53. The van der Waals surface area contributed by atoms with Crippen LogP contribution in [0.1, 0.15) is 16.7 Å². The molecular formula is C25H26O6. The molecule has 1 aliphatic rings. The van der Waals surface area contributed by atoms with Gasteiger partial charge in [0.1, 0.15) is 30.2 Å². The Hall–Kier alpha value is -2.74. The molecule has 31 heavy (non-hydrogen) atoms. The van der Waals surface area contributed by atoms with Crippen molar-refractivity contribution in [3.8, 4) is 5.75 Å². The number of rotatable bonds is 5. The molecule has 0 aliphatic carbocycles. The van der Waals surface area contributed by atoms with E-state index in [1.54, 1.807) is 0 Å². The van der Waals surface area contributed by atoms with Gasteiger partial charge in [0.15, 0.2) is 0 Å².